The molecule has 31 heavy (non-hydrogen) atoms. The molecule has 0 radical (unpaired) electrons. The van der Waals surface area contributed by atoms with Crippen molar-refractivity contribution in [3.8, 4) is 11.3 Å². The summed E-state index contributed by atoms with van der Waals surface area (Å²) in [5.41, 5.74) is 12.3. The number of nitrogens with two attached hydrogens (primary N) is 1. The number of nitrogen functional groups attached to an aromatic ring is 1. The van der Waals surface area contributed by atoms with Crippen molar-refractivity contribution < 1.29 is 4.74 Å². The second-order valence-corrected chi connectivity index (χ2v) is 7.86. The molecule has 0 unspecified atom stereocenters. The molecular formula is C24H26N6O. The van der Waals surface area contributed by atoms with Crippen molar-refractivity contribution in [2.24, 2.45) is 0 Å². The minimum Gasteiger partial charge on any atom is -0.383 e. The molecule has 0 saturated carbocycles. The molecule has 0 atom stereocenters. The zero-order valence-electron chi connectivity index (χ0n) is 17.6. The first kappa shape index (κ1) is 19.5. The van der Waals surface area contributed by atoms with Gasteiger partial charge in [-0.25, -0.2) is 4.98 Å². The number of anilines is 3. The smallest absolute Gasteiger partial charge is 0.229 e. The largest absolute Gasteiger partial charge is 0.383 e. The molecule has 0 spiro atoms. The third-order valence-corrected chi connectivity index (χ3v) is 5.75. The number of hydrogen-bond donors (Lipinski definition) is 3. The highest BCUT2D eigenvalue weighted by atomic mass is 16.5. The predicted octanol–water partition coefficient (Wildman–Crippen LogP) is 4.09. The van der Waals surface area contributed by atoms with Gasteiger partial charge in [0, 0.05) is 53.5 Å². The van der Waals surface area contributed by atoms with Crippen LogP contribution in [0.3, 0.4) is 0 Å². The summed E-state index contributed by atoms with van der Waals surface area (Å²) in [6.07, 6.45) is 1.94. The summed E-state index contributed by atoms with van der Waals surface area (Å²) in [7, 11) is 0. The molecule has 2 aromatic heterocycles. The summed E-state index contributed by atoms with van der Waals surface area (Å²) in [4.78, 5) is 14.9. The molecule has 0 amide bonds. The first-order valence-electron chi connectivity index (χ1n) is 10.5. The van der Waals surface area contributed by atoms with Gasteiger partial charge in [-0.1, -0.05) is 24.3 Å². The lowest BCUT2D eigenvalue weighted by molar-refractivity contribution is 0.0342. The quantitative estimate of drug-likeness (QED) is 0.456. The number of H-pyrrole nitrogens is 1. The van der Waals surface area contributed by atoms with E-state index in [1.165, 1.54) is 5.56 Å². The van der Waals surface area contributed by atoms with E-state index in [9.17, 15) is 0 Å². The summed E-state index contributed by atoms with van der Waals surface area (Å²) in [6, 6.07) is 16.6. The molecule has 1 aliphatic rings. The van der Waals surface area contributed by atoms with Crippen LogP contribution in [0.15, 0.2) is 54.7 Å². The SMILES string of the molecule is Cc1c(N)nc(Nc2ccc(CN3CCOCC3)cc2)nc1-c1cccc2[nH]ccc12. The lowest BCUT2D eigenvalue weighted by Gasteiger charge is -2.26. The van der Waals surface area contributed by atoms with E-state index in [1.807, 2.05) is 19.2 Å². The van der Waals surface area contributed by atoms with Crippen LogP contribution in [0.1, 0.15) is 11.1 Å². The van der Waals surface area contributed by atoms with E-state index in [4.69, 9.17) is 15.5 Å². The molecule has 2 aromatic carbocycles. The first-order chi connectivity index (χ1) is 15.2. The van der Waals surface area contributed by atoms with E-state index in [0.717, 1.165) is 66.3 Å². The third-order valence-electron chi connectivity index (χ3n) is 5.75. The Hall–Kier alpha value is -3.42. The van der Waals surface area contributed by atoms with Gasteiger partial charge in [0.2, 0.25) is 5.95 Å². The number of rotatable bonds is 5. The number of hydrogen-bond acceptors (Lipinski definition) is 6. The molecule has 0 aliphatic carbocycles. The van der Waals surface area contributed by atoms with E-state index >= 15 is 0 Å². The van der Waals surface area contributed by atoms with Crippen LogP contribution in [0.25, 0.3) is 22.2 Å². The number of fused-ring (bicyclic) bond motifs is 1. The van der Waals surface area contributed by atoms with Crippen molar-refractivity contribution in [3.63, 3.8) is 0 Å². The van der Waals surface area contributed by atoms with Crippen LogP contribution >= 0.6 is 0 Å². The molecule has 5 rings (SSSR count). The number of aromatic nitrogens is 3. The lowest BCUT2D eigenvalue weighted by Crippen LogP contribution is -2.35. The first-order valence-corrected chi connectivity index (χ1v) is 10.5. The van der Waals surface area contributed by atoms with Crippen molar-refractivity contribution >= 4 is 28.4 Å². The normalized spacial score (nSPS) is 14.7. The third kappa shape index (κ3) is 4.10. The fourth-order valence-corrected chi connectivity index (χ4v) is 3.98. The van der Waals surface area contributed by atoms with Crippen LogP contribution in [-0.2, 0) is 11.3 Å². The highest BCUT2D eigenvalue weighted by molar-refractivity contribution is 5.95. The van der Waals surface area contributed by atoms with E-state index in [0.29, 0.717) is 11.8 Å². The molecule has 3 heterocycles. The Morgan fingerprint density at radius 2 is 1.87 bits per heavy atom. The van der Waals surface area contributed by atoms with Gasteiger partial charge in [0.25, 0.3) is 0 Å². The fraction of sp³-hybridized carbons (Fsp3) is 0.250. The molecule has 1 fully saturated rings. The summed E-state index contributed by atoms with van der Waals surface area (Å²) in [5, 5.41) is 4.42. The summed E-state index contributed by atoms with van der Waals surface area (Å²) < 4.78 is 5.42. The van der Waals surface area contributed by atoms with Crippen molar-refractivity contribution in [2.45, 2.75) is 13.5 Å². The molecule has 7 nitrogen and oxygen atoms in total. The molecule has 158 valence electrons. The predicted molar refractivity (Wildman–Crippen MR) is 124 cm³/mol. The number of ether oxygens (including phenoxy) is 1. The van der Waals surface area contributed by atoms with Gasteiger partial charge in [0.05, 0.1) is 18.9 Å². The maximum absolute atomic E-state index is 6.25. The molecule has 4 N–H and O–H groups in total. The number of nitrogens with zero attached hydrogens (tertiary/aromatic N) is 3. The molecular weight excluding hydrogens is 388 g/mol. The van der Waals surface area contributed by atoms with Gasteiger partial charge in [0.15, 0.2) is 0 Å². The maximum Gasteiger partial charge on any atom is 0.229 e. The molecule has 7 heteroatoms. The van der Waals surface area contributed by atoms with Crippen LogP contribution in [0.4, 0.5) is 17.5 Å². The van der Waals surface area contributed by atoms with Gasteiger partial charge in [0.1, 0.15) is 5.82 Å². The van der Waals surface area contributed by atoms with E-state index in [2.05, 4.69) is 62.6 Å². The Bertz CT molecular complexity index is 1190. The number of aromatic amines is 1. The Morgan fingerprint density at radius 3 is 2.68 bits per heavy atom. The number of morpholine rings is 1. The Labute approximate surface area is 181 Å². The van der Waals surface area contributed by atoms with Crippen LogP contribution in [0.2, 0.25) is 0 Å². The van der Waals surface area contributed by atoms with E-state index in [1.54, 1.807) is 0 Å². The van der Waals surface area contributed by atoms with E-state index in [-0.39, 0.29) is 0 Å². The van der Waals surface area contributed by atoms with Gasteiger partial charge >= 0.3 is 0 Å². The summed E-state index contributed by atoms with van der Waals surface area (Å²) in [5.74, 6) is 0.968. The van der Waals surface area contributed by atoms with E-state index < -0.39 is 0 Å². The van der Waals surface area contributed by atoms with Crippen LogP contribution < -0.4 is 11.1 Å². The monoisotopic (exact) mass is 414 g/mol. The highest BCUT2D eigenvalue weighted by Crippen LogP contribution is 2.32. The molecule has 4 aromatic rings. The maximum atomic E-state index is 6.25. The second-order valence-electron chi connectivity index (χ2n) is 7.86. The Balaban J connectivity index is 1.39. The minimum atomic E-state index is 0.476. The molecule has 1 saturated heterocycles. The van der Waals surface area contributed by atoms with Gasteiger partial charge in [-0.15, -0.1) is 0 Å². The molecule has 1 aliphatic heterocycles. The summed E-state index contributed by atoms with van der Waals surface area (Å²) in [6.45, 7) is 6.47. The van der Waals surface area contributed by atoms with Crippen LogP contribution in [-0.4, -0.2) is 46.2 Å². The van der Waals surface area contributed by atoms with Crippen LogP contribution in [0, 0.1) is 6.92 Å². The average molecular weight is 415 g/mol. The van der Waals surface area contributed by atoms with Gasteiger partial charge in [-0.2, -0.15) is 4.98 Å². The number of nitrogens with one attached hydrogen (secondary N) is 2. The zero-order valence-corrected chi connectivity index (χ0v) is 17.6. The fourth-order valence-electron chi connectivity index (χ4n) is 3.98. The Kier molecular flexibility index (Phi) is 5.28. The summed E-state index contributed by atoms with van der Waals surface area (Å²) >= 11 is 0. The Morgan fingerprint density at radius 1 is 1.06 bits per heavy atom. The second kappa shape index (κ2) is 8.37. The number of benzene rings is 2. The van der Waals surface area contributed by atoms with Crippen molar-refractivity contribution in [3.05, 3.63) is 65.9 Å². The topological polar surface area (TPSA) is 92.1 Å². The van der Waals surface area contributed by atoms with Crippen molar-refractivity contribution in [2.75, 3.05) is 37.4 Å². The zero-order chi connectivity index (χ0) is 21.2. The van der Waals surface area contributed by atoms with Crippen molar-refractivity contribution in [1.82, 2.24) is 19.9 Å². The van der Waals surface area contributed by atoms with Gasteiger partial charge < -0.3 is 20.8 Å². The highest BCUT2D eigenvalue weighted by Gasteiger charge is 2.14. The van der Waals surface area contributed by atoms with Crippen molar-refractivity contribution in [1.29, 1.82) is 0 Å². The van der Waals surface area contributed by atoms with Crippen LogP contribution in [0.5, 0.6) is 0 Å². The lowest BCUT2D eigenvalue weighted by atomic mass is 10.0. The molecule has 0 bridgehead atoms. The average Bonchev–Trinajstić information content (AvgIpc) is 3.27. The minimum absolute atomic E-state index is 0.476. The standard InChI is InChI=1S/C24H26N6O/c1-16-22(20-3-2-4-21-19(20)9-10-26-21)28-24(29-23(16)25)27-18-7-5-17(6-8-18)15-30-11-13-31-14-12-30/h2-10,26H,11-15H2,1H3,(H3,25,27,28,29). The van der Waals surface area contributed by atoms with Gasteiger partial charge in [-0.3, -0.25) is 4.90 Å². The van der Waals surface area contributed by atoms with Gasteiger partial charge in [-0.05, 0) is 36.8 Å².